The summed E-state index contributed by atoms with van der Waals surface area (Å²) in [5.41, 5.74) is 0. The molecular formula is C15H33N3. The van der Waals surface area contributed by atoms with Crippen LogP contribution in [0, 0.1) is 5.92 Å². The Balaban J connectivity index is 0.000000180. The number of piperazine rings is 1. The van der Waals surface area contributed by atoms with Gasteiger partial charge in [0.15, 0.2) is 0 Å². The molecule has 0 aromatic carbocycles. The monoisotopic (exact) mass is 255 g/mol. The summed E-state index contributed by atoms with van der Waals surface area (Å²) in [4.78, 5) is 7.29. The Morgan fingerprint density at radius 1 is 0.778 bits per heavy atom. The van der Waals surface area contributed by atoms with Crippen molar-refractivity contribution in [3.05, 3.63) is 0 Å². The summed E-state index contributed by atoms with van der Waals surface area (Å²) in [5.74, 6) is 1.03. The standard InChI is InChI=1S/C8H17N.C7H16N2/c1-3-8-4-6-9(2)7-5-8;1-3-9-6-4-8(2)5-7-9/h8H,3-7H2,1-2H3;3-7H2,1-2H3. The lowest BCUT2D eigenvalue weighted by Gasteiger charge is -2.31. The molecule has 2 aliphatic heterocycles. The van der Waals surface area contributed by atoms with Crippen LogP contribution >= 0.6 is 0 Å². The fraction of sp³-hybridized carbons (Fsp3) is 1.00. The Bertz CT molecular complexity index is 170. The topological polar surface area (TPSA) is 9.72 Å². The summed E-state index contributed by atoms with van der Waals surface area (Å²) < 4.78 is 0. The van der Waals surface area contributed by atoms with Crippen molar-refractivity contribution in [1.82, 2.24) is 14.7 Å². The van der Waals surface area contributed by atoms with Crippen LogP contribution in [0.2, 0.25) is 0 Å². The first-order chi connectivity index (χ1) is 8.65. The molecule has 0 aromatic rings. The number of hydrogen-bond acceptors (Lipinski definition) is 3. The number of piperidine rings is 1. The summed E-state index contributed by atoms with van der Waals surface area (Å²) in [7, 11) is 4.40. The molecule has 2 saturated heterocycles. The quantitative estimate of drug-likeness (QED) is 0.747. The first-order valence-electron chi connectivity index (χ1n) is 7.75. The lowest BCUT2D eigenvalue weighted by atomic mass is 9.95. The molecule has 3 heteroatoms. The predicted octanol–water partition coefficient (Wildman–Crippen LogP) is 1.99. The smallest absolute Gasteiger partial charge is 0.0110 e. The summed E-state index contributed by atoms with van der Waals surface area (Å²) in [6.07, 6.45) is 4.23. The Morgan fingerprint density at radius 3 is 1.72 bits per heavy atom. The third kappa shape index (κ3) is 6.17. The molecule has 2 aliphatic rings. The molecule has 3 nitrogen and oxygen atoms in total. The number of nitrogens with zero attached hydrogens (tertiary/aromatic N) is 3. The minimum atomic E-state index is 1.03. The summed E-state index contributed by atoms with van der Waals surface area (Å²) in [5, 5.41) is 0. The van der Waals surface area contributed by atoms with Crippen molar-refractivity contribution < 1.29 is 0 Å². The van der Waals surface area contributed by atoms with Gasteiger partial charge in [-0.05, 0) is 52.5 Å². The molecule has 18 heavy (non-hydrogen) atoms. The van der Waals surface area contributed by atoms with Crippen molar-refractivity contribution >= 4 is 0 Å². The summed E-state index contributed by atoms with van der Waals surface area (Å²) in [6.45, 7) is 13.4. The van der Waals surface area contributed by atoms with Crippen LogP contribution in [0.1, 0.15) is 33.1 Å². The Morgan fingerprint density at radius 2 is 1.28 bits per heavy atom. The average Bonchev–Trinajstić information content (AvgIpc) is 2.41. The molecule has 2 heterocycles. The molecule has 2 rings (SSSR count). The minimum Gasteiger partial charge on any atom is -0.306 e. The van der Waals surface area contributed by atoms with Gasteiger partial charge in [-0.3, -0.25) is 0 Å². The van der Waals surface area contributed by atoms with Crippen LogP contribution in [-0.2, 0) is 0 Å². The van der Waals surface area contributed by atoms with Crippen molar-refractivity contribution in [1.29, 1.82) is 0 Å². The second-order valence-corrected chi connectivity index (χ2v) is 5.89. The highest BCUT2D eigenvalue weighted by molar-refractivity contribution is 4.68. The van der Waals surface area contributed by atoms with Gasteiger partial charge in [-0.2, -0.15) is 0 Å². The van der Waals surface area contributed by atoms with E-state index in [1.165, 1.54) is 65.1 Å². The van der Waals surface area contributed by atoms with Gasteiger partial charge in [-0.15, -0.1) is 0 Å². The molecule has 108 valence electrons. The maximum atomic E-state index is 2.49. The SMILES string of the molecule is CCC1CCN(C)CC1.CCN1CCN(C)CC1. The summed E-state index contributed by atoms with van der Waals surface area (Å²) in [6, 6.07) is 0. The van der Waals surface area contributed by atoms with E-state index < -0.39 is 0 Å². The molecule has 0 saturated carbocycles. The van der Waals surface area contributed by atoms with Gasteiger partial charge in [-0.25, -0.2) is 0 Å². The number of hydrogen-bond donors (Lipinski definition) is 0. The van der Waals surface area contributed by atoms with E-state index in [1.807, 2.05) is 0 Å². The molecule has 0 spiro atoms. The van der Waals surface area contributed by atoms with E-state index in [-0.39, 0.29) is 0 Å². The molecule has 0 unspecified atom stereocenters. The fourth-order valence-electron chi connectivity index (χ4n) is 2.63. The second-order valence-electron chi connectivity index (χ2n) is 5.89. The van der Waals surface area contributed by atoms with Gasteiger partial charge in [0.05, 0.1) is 0 Å². The zero-order chi connectivity index (χ0) is 13.4. The van der Waals surface area contributed by atoms with Crippen molar-refractivity contribution in [3.63, 3.8) is 0 Å². The van der Waals surface area contributed by atoms with Gasteiger partial charge < -0.3 is 14.7 Å². The van der Waals surface area contributed by atoms with Crippen molar-refractivity contribution in [2.24, 2.45) is 5.92 Å². The molecule has 0 amide bonds. The zero-order valence-electron chi connectivity index (χ0n) is 13.0. The maximum absolute atomic E-state index is 2.49. The highest BCUT2D eigenvalue weighted by atomic mass is 15.2. The maximum Gasteiger partial charge on any atom is 0.0110 e. The highest BCUT2D eigenvalue weighted by Crippen LogP contribution is 2.18. The summed E-state index contributed by atoms with van der Waals surface area (Å²) >= 11 is 0. The van der Waals surface area contributed by atoms with Gasteiger partial charge in [0.1, 0.15) is 0 Å². The Labute approximate surface area is 114 Å². The van der Waals surface area contributed by atoms with E-state index in [0.717, 1.165) is 5.92 Å². The first kappa shape index (κ1) is 15.9. The average molecular weight is 255 g/mol. The highest BCUT2D eigenvalue weighted by Gasteiger charge is 2.13. The lowest BCUT2D eigenvalue weighted by Crippen LogP contribution is -2.44. The van der Waals surface area contributed by atoms with Crippen molar-refractivity contribution in [2.75, 3.05) is 59.9 Å². The van der Waals surface area contributed by atoms with E-state index in [2.05, 4.69) is 42.6 Å². The van der Waals surface area contributed by atoms with Gasteiger partial charge in [-0.1, -0.05) is 20.3 Å². The second kappa shape index (κ2) is 8.89. The molecule has 0 atom stereocenters. The van der Waals surface area contributed by atoms with Crippen LogP contribution < -0.4 is 0 Å². The molecule has 2 fully saturated rings. The van der Waals surface area contributed by atoms with E-state index >= 15 is 0 Å². The minimum absolute atomic E-state index is 1.03. The third-order valence-electron chi connectivity index (χ3n) is 4.46. The van der Waals surface area contributed by atoms with Crippen LogP contribution in [0.4, 0.5) is 0 Å². The van der Waals surface area contributed by atoms with Crippen LogP contribution in [0.5, 0.6) is 0 Å². The first-order valence-corrected chi connectivity index (χ1v) is 7.75. The van der Waals surface area contributed by atoms with E-state index in [4.69, 9.17) is 0 Å². The molecule has 0 aliphatic carbocycles. The molecule has 0 bridgehead atoms. The van der Waals surface area contributed by atoms with Crippen molar-refractivity contribution in [3.8, 4) is 0 Å². The largest absolute Gasteiger partial charge is 0.306 e. The van der Waals surface area contributed by atoms with Crippen LogP contribution in [0.15, 0.2) is 0 Å². The van der Waals surface area contributed by atoms with Crippen LogP contribution in [0.3, 0.4) is 0 Å². The normalized spacial score (nSPS) is 24.7. The van der Waals surface area contributed by atoms with Gasteiger partial charge in [0.2, 0.25) is 0 Å². The molecule has 0 aromatic heterocycles. The van der Waals surface area contributed by atoms with Crippen molar-refractivity contribution in [2.45, 2.75) is 33.1 Å². The Kier molecular flexibility index (Phi) is 7.87. The van der Waals surface area contributed by atoms with Gasteiger partial charge >= 0.3 is 0 Å². The van der Waals surface area contributed by atoms with Gasteiger partial charge in [0, 0.05) is 26.2 Å². The molecular weight excluding hydrogens is 222 g/mol. The fourth-order valence-corrected chi connectivity index (χ4v) is 2.63. The van der Waals surface area contributed by atoms with Crippen LogP contribution in [-0.4, -0.2) is 74.6 Å². The van der Waals surface area contributed by atoms with E-state index in [9.17, 15) is 0 Å². The van der Waals surface area contributed by atoms with Gasteiger partial charge in [0.25, 0.3) is 0 Å². The van der Waals surface area contributed by atoms with E-state index in [0.29, 0.717) is 0 Å². The molecule has 0 radical (unpaired) electrons. The zero-order valence-corrected chi connectivity index (χ0v) is 13.0. The predicted molar refractivity (Wildman–Crippen MR) is 80.1 cm³/mol. The third-order valence-corrected chi connectivity index (χ3v) is 4.46. The number of likely N-dealkylation sites (tertiary alicyclic amines) is 1. The lowest BCUT2D eigenvalue weighted by molar-refractivity contribution is 0.160. The van der Waals surface area contributed by atoms with E-state index in [1.54, 1.807) is 0 Å². The molecule has 0 N–H and O–H groups in total. The Hall–Kier alpha value is -0.120. The van der Waals surface area contributed by atoms with Crippen LogP contribution in [0.25, 0.3) is 0 Å². The number of likely N-dealkylation sites (N-methyl/N-ethyl adjacent to an activating group) is 2. The number of rotatable bonds is 2.